The summed E-state index contributed by atoms with van der Waals surface area (Å²) in [6.45, 7) is 10.1. The molecule has 2 unspecified atom stereocenters. The van der Waals surface area contributed by atoms with Crippen LogP contribution in [-0.2, 0) is 11.3 Å². The molecule has 0 spiro atoms. The molecule has 0 saturated carbocycles. The Bertz CT molecular complexity index is 823. The number of rotatable bonds is 10. The first-order valence-corrected chi connectivity index (χ1v) is 11.6. The van der Waals surface area contributed by atoms with Gasteiger partial charge in [0, 0.05) is 45.8 Å². The lowest BCUT2D eigenvalue weighted by Crippen LogP contribution is -2.46. The largest absolute Gasteiger partial charge is 0.465 e. The Hall–Kier alpha value is -1.62. The molecule has 0 radical (unpaired) electrons. The molecule has 2 N–H and O–H groups in total. The second-order valence-corrected chi connectivity index (χ2v) is 8.53. The second-order valence-electron chi connectivity index (χ2n) is 8.53. The number of benzene rings is 1. The zero-order chi connectivity index (χ0) is 22.8. The van der Waals surface area contributed by atoms with Crippen molar-refractivity contribution in [1.29, 1.82) is 0 Å². The van der Waals surface area contributed by atoms with E-state index in [-0.39, 0.29) is 30.0 Å². The minimum atomic E-state index is 0. The van der Waals surface area contributed by atoms with Gasteiger partial charge in [0.05, 0.1) is 19.3 Å². The summed E-state index contributed by atoms with van der Waals surface area (Å²) in [5.74, 6) is 2.75. The van der Waals surface area contributed by atoms with Crippen molar-refractivity contribution < 1.29 is 9.15 Å². The molecular weight excluding hydrogens is 529 g/mol. The first-order chi connectivity index (χ1) is 15.6. The van der Waals surface area contributed by atoms with E-state index in [2.05, 4.69) is 75.8 Å². The van der Waals surface area contributed by atoms with E-state index in [4.69, 9.17) is 9.15 Å². The number of hydrogen-bond donors (Lipinski definition) is 2. The Kier molecular flexibility index (Phi) is 12.2. The molecule has 2 aromatic rings. The van der Waals surface area contributed by atoms with Crippen molar-refractivity contribution >= 4 is 29.9 Å². The molecule has 2 atom stereocenters. The first-order valence-electron chi connectivity index (χ1n) is 11.6. The van der Waals surface area contributed by atoms with E-state index in [9.17, 15) is 0 Å². The van der Waals surface area contributed by atoms with Crippen molar-refractivity contribution in [2.45, 2.75) is 38.9 Å². The molecule has 0 aliphatic carbocycles. The minimum Gasteiger partial charge on any atom is -0.465 e. The van der Waals surface area contributed by atoms with Crippen LogP contribution in [0.3, 0.4) is 0 Å². The van der Waals surface area contributed by atoms with Gasteiger partial charge in [0.25, 0.3) is 0 Å². The van der Waals surface area contributed by atoms with Gasteiger partial charge in [-0.1, -0.05) is 30.3 Å². The smallest absolute Gasteiger partial charge is 0.191 e. The molecule has 1 aliphatic heterocycles. The van der Waals surface area contributed by atoms with Crippen LogP contribution < -0.4 is 10.6 Å². The van der Waals surface area contributed by atoms with Crippen molar-refractivity contribution in [2.24, 2.45) is 4.99 Å². The Morgan fingerprint density at radius 3 is 2.48 bits per heavy atom. The monoisotopic (exact) mass is 569 g/mol. The molecule has 1 saturated heterocycles. The summed E-state index contributed by atoms with van der Waals surface area (Å²) in [6.07, 6.45) is 1.04. The van der Waals surface area contributed by atoms with E-state index >= 15 is 0 Å². The summed E-state index contributed by atoms with van der Waals surface area (Å²) >= 11 is 0. The number of hydrogen-bond acceptors (Lipinski definition) is 5. The fraction of sp³-hybridized carbons (Fsp3) is 0.560. The molecule has 184 valence electrons. The maximum Gasteiger partial charge on any atom is 0.191 e. The van der Waals surface area contributed by atoms with Crippen LogP contribution in [0.4, 0.5) is 0 Å². The van der Waals surface area contributed by atoms with Gasteiger partial charge < -0.3 is 19.8 Å². The molecule has 2 heterocycles. The van der Waals surface area contributed by atoms with Gasteiger partial charge in [-0.05, 0) is 45.0 Å². The fourth-order valence-corrected chi connectivity index (χ4v) is 3.99. The van der Waals surface area contributed by atoms with Crippen LogP contribution in [0.2, 0.25) is 0 Å². The minimum absolute atomic E-state index is 0. The van der Waals surface area contributed by atoms with Crippen molar-refractivity contribution in [1.82, 2.24) is 20.4 Å². The number of furan rings is 1. The zero-order valence-electron chi connectivity index (χ0n) is 20.4. The van der Waals surface area contributed by atoms with Gasteiger partial charge in [-0.3, -0.25) is 14.8 Å². The third-order valence-electron chi connectivity index (χ3n) is 6.14. The number of aryl methyl sites for hydroxylation is 1. The van der Waals surface area contributed by atoms with Crippen LogP contribution in [-0.4, -0.2) is 75.3 Å². The number of nitrogens with one attached hydrogen (secondary N) is 2. The quantitative estimate of drug-likeness (QED) is 0.259. The number of ether oxygens (including phenoxy) is 1. The van der Waals surface area contributed by atoms with Crippen LogP contribution >= 0.6 is 24.0 Å². The highest BCUT2D eigenvalue weighted by Crippen LogP contribution is 2.23. The van der Waals surface area contributed by atoms with Crippen molar-refractivity contribution in [3.05, 3.63) is 59.5 Å². The predicted octanol–water partition coefficient (Wildman–Crippen LogP) is 3.65. The van der Waals surface area contributed by atoms with Crippen molar-refractivity contribution in [2.75, 3.05) is 53.5 Å². The molecule has 7 nitrogen and oxygen atoms in total. The van der Waals surface area contributed by atoms with E-state index in [0.717, 1.165) is 69.8 Å². The number of nitrogens with zero attached hydrogens (tertiary/aromatic N) is 3. The highest BCUT2D eigenvalue weighted by molar-refractivity contribution is 14.0. The number of guanidine groups is 1. The standard InChI is InChI=1S/C25H39N5O2.HI/c1-20(29(4)19-22-8-6-5-7-9-22)12-13-27-25(26-3)28-18-23(24-11-10-21(2)32-24)30-14-16-31-17-15-30;/h5-11,20,23H,12-19H2,1-4H3,(H2,26,27,28);1H. The molecular formula is C25H40IN5O2. The van der Waals surface area contributed by atoms with Crippen LogP contribution in [0.1, 0.15) is 36.5 Å². The highest BCUT2D eigenvalue weighted by Gasteiger charge is 2.25. The predicted molar refractivity (Wildman–Crippen MR) is 145 cm³/mol. The van der Waals surface area contributed by atoms with Gasteiger partial charge in [-0.15, -0.1) is 24.0 Å². The van der Waals surface area contributed by atoms with Crippen LogP contribution in [0.5, 0.6) is 0 Å². The van der Waals surface area contributed by atoms with E-state index in [1.807, 2.05) is 20.0 Å². The third kappa shape index (κ3) is 8.92. The molecule has 0 amide bonds. The number of aliphatic imine (C=N–C) groups is 1. The van der Waals surface area contributed by atoms with E-state index in [1.54, 1.807) is 0 Å². The molecule has 1 aromatic carbocycles. The lowest BCUT2D eigenvalue weighted by Gasteiger charge is -2.33. The molecule has 8 heteroatoms. The Balaban J connectivity index is 0.00000385. The van der Waals surface area contributed by atoms with Gasteiger partial charge in [0.2, 0.25) is 0 Å². The van der Waals surface area contributed by atoms with Gasteiger partial charge in [-0.25, -0.2) is 0 Å². The molecule has 1 fully saturated rings. The highest BCUT2D eigenvalue weighted by atomic mass is 127. The van der Waals surface area contributed by atoms with Crippen molar-refractivity contribution in [3.8, 4) is 0 Å². The molecule has 0 bridgehead atoms. The summed E-state index contributed by atoms with van der Waals surface area (Å²) < 4.78 is 11.5. The first kappa shape index (κ1) is 27.6. The summed E-state index contributed by atoms with van der Waals surface area (Å²) in [5, 5.41) is 6.97. The average Bonchev–Trinajstić information content (AvgIpc) is 3.25. The summed E-state index contributed by atoms with van der Waals surface area (Å²) in [5.41, 5.74) is 1.34. The summed E-state index contributed by atoms with van der Waals surface area (Å²) in [6, 6.07) is 15.3. The lowest BCUT2D eigenvalue weighted by molar-refractivity contribution is 0.0124. The number of halogens is 1. The lowest BCUT2D eigenvalue weighted by atomic mass is 10.1. The SMILES string of the molecule is CN=C(NCCC(C)N(C)Cc1ccccc1)NCC(c1ccc(C)o1)N1CCOCC1.I. The second kappa shape index (κ2) is 14.6. The molecule has 3 rings (SSSR count). The van der Waals surface area contributed by atoms with Gasteiger partial charge in [0.1, 0.15) is 11.5 Å². The summed E-state index contributed by atoms with van der Waals surface area (Å²) in [7, 11) is 4.00. The van der Waals surface area contributed by atoms with Gasteiger partial charge in [-0.2, -0.15) is 0 Å². The topological polar surface area (TPSA) is 65.3 Å². The van der Waals surface area contributed by atoms with E-state index in [1.165, 1.54) is 5.56 Å². The van der Waals surface area contributed by atoms with Crippen LogP contribution in [0.25, 0.3) is 0 Å². The van der Waals surface area contributed by atoms with E-state index < -0.39 is 0 Å². The van der Waals surface area contributed by atoms with Crippen LogP contribution in [0, 0.1) is 6.92 Å². The Labute approximate surface area is 216 Å². The van der Waals surface area contributed by atoms with Gasteiger partial charge in [0.15, 0.2) is 5.96 Å². The van der Waals surface area contributed by atoms with E-state index in [0.29, 0.717) is 6.04 Å². The third-order valence-corrected chi connectivity index (χ3v) is 6.14. The van der Waals surface area contributed by atoms with Gasteiger partial charge >= 0.3 is 0 Å². The zero-order valence-corrected chi connectivity index (χ0v) is 22.7. The number of morpholine rings is 1. The van der Waals surface area contributed by atoms with Crippen LogP contribution in [0.15, 0.2) is 51.9 Å². The maximum absolute atomic E-state index is 5.96. The Morgan fingerprint density at radius 1 is 1.12 bits per heavy atom. The Morgan fingerprint density at radius 2 is 1.85 bits per heavy atom. The molecule has 1 aliphatic rings. The fourth-order valence-electron chi connectivity index (χ4n) is 3.99. The average molecular weight is 570 g/mol. The normalized spacial score (nSPS) is 16.8. The molecule has 1 aromatic heterocycles. The summed E-state index contributed by atoms with van der Waals surface area (Å²) in [4.78, 5) is 9.23. The molecule has 33 heavy (non-hydrogen) atoms. The van der Waals surface area contributed by atoms with Crippen molar-refractivity contribution in [3.63, 3.8) is 0 Å². The maximum atomic E-state index is 5.96.